The van der Waals surface area contributed by atoms with Crippen molar-refractivity contribution < 1.29 is 9.47 Å². The smallest absolute Gasteiger partial charge is 0.164 e. The summed E-state index contributed by atoms with van der Waals surface area (Å²) in [6.07, 6.45) is 8.22. The minimum absolute atomic E-state index is 0.566. The third-order valence-electron chi connectivity index (χ3n) is 3.47. The Morgan fingerprint density at radius 2 is 1.81 bits per heavy atom. The van der Waals surface area contributed by atoms with E-state index in [1.807, 2.05) is 6.07 Å². The van der Waals surface area contributed by atoms with Crippen LogP contribution in [-0.2, 0) is 6.42 Å². The van der Waals surface area contributed by atoms with Gasteiger partial charge in [0.25, 0.3) is 0 Å². The molecule has 0 heterocycles. The standard InChI is InChI=1S/C17H28ClNO2/c1-3-4-5-6-7-8-11-21-17-14(9-10-19)12-15(18)13-16(17)20-2/h12-13H,3-11,19H2,1-2H3. The van der Waals surface area contributed by atoms with E-state index in [-0.39, 0.29) is 0 Å². The van der Waals surface area contributed by atoms with Crippen LogP contribution in [0.2, 0.25) is 5.02 Å². The summed E-state index contributed by atoms with van der Waals surface area (Å²) in [7, 11) is 1.63. The van der Waals surface area contributed by atoms with Crippen LogP contribution in [0, 0.1) is 0 Å². The van der Waals surface area contributed by atoms with Crippen molar-refractivity contribution in [2.45, 2.75) is 51.9 Å². The molecular formula is C17H28ClNO2. The Balaban J connectivity index is 2.52. The fourth-order valence-corrected chi connectivity index (χ4v) is 2.57. The number of halogens is 1. The first kappa shape index (κ1) is 18.1. The molecule has 1 aromatic carbocycles. The predicted octanol–water partition coefficient (Wildman–Crippen LogP) is 4.59. The SMILES string of the molecule is CCCCCCCCOc1c(CCN)cc(Cl)cc1OC. The molecule has 0 aliphatic rings. The largest absolute Gasteiger partial charge is 0.493 e. The minimum Gasteiger partial charge on any atom is -0.493 e. The Hall–Kier alpha value is -0.930. The fourth-order valence-electron chi connectivity index (χ4n) is 2.34. The number of rotatable bonds is 11. The average molecular weight is 314 g/mol. The summed E-state index contributed by atoms with van der Waals surface area (Å²) >= 11 is 6.09. The molecule has 0 amide bonds. The molecule has 2 N–H and O–H groups in total. The van der Waals surface area contributed by atoms with Crippen molar-refractivity contribution in [3.63, 3.8) is 0 Å². The van der Waals surface area contributed by atoms with Crippen molar-refractivity contribution >= 4 is 11.6 Å². The summed E-state index contributed by atoms with van der Waals surface area (Å²) in [5.41, 5.74) is 6.68. The summed E-state index contributed by atoms with van der Waals surface area (Å²) in [6, 6.07) is 3.70. The van der Waals surface area contributed by atoms with Crippen LogP contribution in [0.5, 0.6) is 11.5 Å². The van der Waals surface area contributed by atoms with Gasteiger partial charge in [0, 0.05) is 16.7 Å². The molecule has 0 aliphatic carbocycles. The Labute approximate surface area is 133 Å². The van der Waals surface area contributed by atoms with Gasteiger partial charge in [0.05, 0.1) is 13.7 Å². The van der Waals surface area contributed by atoms with Crippen LogP contribution in [0.4, 0.5) is 0 Å². The van der Waals surface area contributed by atoms with Gasteiger partial charge in [0.15, 0.2) is 11.5 Å². The van der Waals surface area contributed by atoms with Crippen molar-refractivity contribution in [1.29, 1.82) is 0 Å². The summed E-state index contributed by atoms with van der Waals surface area (Å²) in [4.78, 5) is 0. The van der Waals surface area contributed by atoms with Crippen LogP contribution in [-0.4, -0.2) is 20.3 Å². The van der Waals surface area contributed by atoms with E-state index < -0.39 is 0 Å². The van der Waals surface area contributed by atoms with Crippen LogP contribution in [0.15, 0.2) is 12.1 Å². The van der Waals surface area contributed by atoms with Gasteiger partial charge >= 0.3 is 0 Å². The second-order valence-electron chi connectivity index (χ2n) is 5.25. The highest BCUT2D eigenvalue weighted by Gasteiger charge is 2.12. The Kier molecular flexibility index (Phi) is 9.27. The maximum Gasteiger partial charge on any atom is 0.164 e. The Morgan fingerprint density at radius 3 is 2.48 bits per heavy atom. The van der Waals surface area contributed by atoms with Crippen LogP contribution in [0.3, 0.4) is 0 Å². The van der Waals surface area contributed by atoms with Crippen molar-refractivity contribution in [3.8, 4) is 11.5 Å². The summed E-state index contributed by atoms with van der Waals surface area (Å²) in [6.45, 7) is 3.51. The molecule has 0 unspecified atom stereocenters. The van der Waals surface area contributed by atoms with Crippen molar-refractivity contribution in [1.82, 2.24) is 0 Å². The molecule has 0 saturated heterocycles. The zero-order valence-corrected chi connectivity index (χ0v) is 14.0. The van der Waals surface area contributed by atoms with Gasteiger partial charge in [-0.15, -0.1) is 0 Å². The van der Waals surface area contributed by atoms with Gasteiger partial charge in [0.1, 0.15) is 0 Å². The third kappa shape index (κ3) is 6.58. The van der Waals surface area contributed by atoms with Gasteiger partial charge in [-0.3, -0.25) is 0 Å². The zero-order valence-electron chi connectivity index (χ0n) is 13.3. The molecule has 0 saturated carbocycles. The van der Waals surface area contributed by atoms with Gasteiger partial charge in [0.2, 0.25) is 0 Å². The predicted molar refractivity (Wildman–Crippen MR) is 89.6 cm³/mol. The number of methoxy groups -OCH3 is 1. The first-order chi connectivity index (χ1) is 10.2. The van der Waals surface area contributed by atoms with E-state index in [0.717, 1.165) is 24.2 Å². The second kappa shape index (κ2) is 10.7. The first-order valence-electron chi connectivity index (χ1n) is 7.92. The zero-order chi connectivity index (χ0) is 15.5. The van der Waals surface area contributed by atoms with Crippen LogP contribution in [0.25, 0.3) is 0 Å². The molecule has 120 valence electrons. The van der Waals surface area contributed by atoms with E-state index in [1.54, 1.807) is 13.2 Å². The van der Waals surface area contributed by atoms with Gasteiger partial charge in [-0.1, -0.05) is 50.6 Å². The molecule has 3 nitrogen and oxygen atoms in total. The molecule has 21 heavy (non-hydrogen) atoms. The lowest BCUT2D eigenvalue weighted by atomic mass is 10.1. The number of hydrogen-bond donors (Lipinski definition) is 1. The number of unbranched alkanes of at least 4 members (excludes halogenated alkanes) is 5. The normalized spacial score (nSPS) is 10.7. The minimum atomic E-state index is 0.566. The highest BCUT2D eigenvalue weighted by atomic mass is 35.5. The first-order valence-corrected chi connectivity index (χ1v) is 8.30. The van der Waals surface area contributed by atoms with Crippen LogP contribution >= 0.6 is 11.6 Å². The van der Waals surface area contributed by atoms with Crippen LogP contribution < -0.4 is 15.2 Å². The molecule has 1 rings (SSSR count). The molecule has 0 spiro atoms. The van der Waals surface area contributed by atoms with E-state index in [0.29, 0.717) is 23.9 Å². The number of benzene rings is 1. The summed E-state index contributed by atoms with van der Waals surface area (Å²) in [5, 5.41) is 0.655. The number of ether oxygens (including phenoxy) is 2. The van der Waals surface area contributed by atoms with Gasteiger partial charge in [-0.25, -0.2) is 0 Å². The highest BCUT2D eigenvalue weighted by molar-refractivity contribution is 6.30. The monoisotopic (exact) mass is 313 g/mol. The highest BCUT2D eigenvalue weighted by Crippen LogP contribution is 2.35. The fraction of sp³-hybridized carbons (Fsp3) is 0.647. The van der Waals surface area contributed by atoms with Crippen molar-refractivity contribution in [3.05, 3.63) is 22.7 Å². The van der Waals surface area contributed by atoms with Crippen molar-refractivity contribution in [2.75, 3.05) is 20.3 Å². The molecule has 0 bridgehead atoms. The second-order valence-corrected chi connectivity index (χ2v) is 5.69. The molecule has 1 aromatic rings. The molecular weight excluding hydrogens is 286 g/mol. The molecule has 0 radical (unpaired) electrons. The van der Waals surface area contributed by atoms with Crippen LogP contribution in [0.1, 0.15) is 51.0 Å². The van der Waals surface area contributed by atoms with Gasteiger partial charge < -0.3 is 15.2 Å². The van der Waals surface area contributed by atoms with E-state index in [2.05, 4.69) is 6.92 Å². The maximum absolute atomic E-state index is 6.09. The number of hydrogen-bond acceptors (Lipinski definition) is 3. The molecule has 0 fully saturated rings. The molecule has 0 aliphatic heterocycles. The van der Waals surface area contributed by atoms with E-state index in [4.69, 9.17) is 26.8 Å². The van der Waals surface area contributed by atoms with Gasteiger partial charge in [-0.2, -0.15) is 0 Å². The molecule has 0 atom stereocenters. The molecule has 4 heteroatoms. The Bertz CT molecular complexity index is 410. The average Bonchev–Trinajstić information content (AvgIpc) is 2.48. The quantitative estimate of drug-likeness (QED) is 0.608. The molecule has 0 aromatic heterocycles. The van der Waals surface area contributed by atoms with E-state index in [9.17, 15) is 0 Å². The summed E-state index contributed by atoms with van der Waals surface area (Å²) in [5.74, 6) is 1.48. The lowest BCUT2D eigenvalue weighted by Gasteiger charge is -2.15. The van der Waals surface area contributed by atoms with E-state index >= 15 is 0 Å². The topological polar surface area (TPSA) is 44.5 Å². The van der Waals surface area contributed by atoms with Gasteiger partial charge in [-0.05, 0) is 25.5 Å². The third-order valence-corrected chi connectivity index (χ3v) is 3.69. The number of nitrogens with two attached hydrogens (primary N) is 1. The summed E-state index contributed by atoms with van der Waals surface area (Å²) < 4.78 is 11.3. The Morgan fingerprint density at radius 1 is 1.10 bits per heavy atom. The lowest BCUT2D eigenvalue weighted by Crippen LogP contribution is -2.07. The maximum atomic E-state index is 6.09. The van der Waals surface area contributed by atoms with E-state index in [1.165, 1.54) is 32.1 Å². The lowest BCUT2D eigenvalue weighted by molar-refractivity contribution is 0.282. The van der Waals surface area contributed by atoms with Crippen molar-refractivity contribution in [2.24, 2.45) is 5.73 Å².